The zero-order valence-electron chi connectivity index (χ0n) is 12.7. The zero-order chi connectivity index (χ0) is 14.3. The van der Waals surface area contributed by atoms with E-state index in [1.54, 1.807) is 0 Å². The van der Waals surface area contributed by atoms with Gasteiger partial charge in [-0.3, -0.25) is 4.90 Å². The fourth-order valence-corrected chi connectivity index (χ4v) is 5.99. The molecule has 0 bridgehead atoms. The predicted molar refractivity (Wildman–Crippen MR) is 81.5 cm³/mol. The third kappa shape index (κ3) is 2.64. The Morgan fingerprint density at radius 1 is 1.25 bits per heavy atom. The first kappa shape index (κ1) is 14.8. The van der Waals surface area contributed by atoms with Gasteiger partial charge in [-0.15, -0.1) is 0 Å². The minimum Gasteiger partial charge on any atom is -0.316 e. The largest absolute Gasteiger partial charge is 0.316 e. The molecule has 2 saturated heterocycles. The summed E-state index contributed by atoms with van der Waals surface area (Å²) in [6, 6.07) is 1.16. The van der Waals surface area contributed by atoms with Gasteiger partial charge in [0.2, 0.25) is 0 Å². The molecule has 0 radical (unpaired) electrons. The van der Waals surface area contributed by atoms with Crippen molar-refractivity contribution in [3.63, 3.8) is 0 Å². The summed E-state index contributed by atoms with van der Waals surface area (Å²) in [7, 11) is -2.87. The molecule has 1 N–H and O–H groups in total. The molecule has 5 heteroatoms. The molecule has 2 heterocycles. The summed E-state index contributed by atoms with van der Waals surface area (Å²) in [6.07, 6.45) is 6.61. The molecule has 1 aliphatic carbocycles. The Kier molecular flexibility index (Phi) is 4.13. The summed E-state index contributed by atoms with van der Waals surface area (Å²) in [4.78, 5) is 2.67. The Hall–Kier alpha value is -0.130. The Morgan fingerprint density at radius 2 is 2.05 bits per heavy atom. The topological polar surface area (TPSA) is 49.4 Å². The van der Waals surface area contributed by atoms with Crippen LogP contribution >= 0.6 is 0 Å². The molecule has 4 nitrogen and oxygen atoms in total. The maximum atomic E-state index is 11.9. The average molecular weight is 300 g/mol. The van der Waals surface area contributed by atoms with E-state index in [1.807, 2.05) is 0 Å². The second kappa shape index (κ2) is 5.58. The maximum absolute atomic E-state index is 11.9. The zero-order valence-corrected chi connectivity index (χ0v) is 13.5. The number of hydrogen-bond acceptors (Lipinski definition) is 4. The standard InChI is InChI=1S/C15H28N2O2S/c1-3-15-14-9-16-8-11(14)10-17(15)12-5-4-6-13(7-12)20(2,18)19/h11-16H,3-10H2,1-2H3. The highest BCUT2D eigenvalue weighted by Gasteiger charge is 2.46. The molecule has 3 aliphatic rings. The number of nitrogens with one attached hydrogen (secondary N) is 1. The SMILES string of the molecule is CCC1C2CNCC2CN1C1CCCC(S(C)(=O)=O)C1. The minimum atomic E-state index is -2.87. The smallest absolute Gasteiger partial charge is 0.150 e. The summed E-state index contributed by atoms with van der Waals surface area (Å²) in [6.45, 7) is 5.77. The number of fused-ring (bicyclic) bond motifs is 1. The van der Waals surface area contributed by atoms with Gasteiger partial charge in [0.05, 0.1) is 5.25 Å². The van der Waals surface area contributed by atoms with Crippen molar-refractivity contribution >= 4 is 9.84 Å². The van der Waals surface area contributed by atoms with Gasteiger partial charge in [-0.1, -0.05) is 13.3 Å². The van der Waals surface area contributed by atoms with Crippen LogP contribution in [0, 0.1) is 11.8 Å². The van der Waals surface area contributed by atoms with Crippen LogP contribution in [0.1, 0.15) is 39.0 Å². The van der Waals surface area contributed by atoms with Crippen LogP contribution in [0.3, 0.4) is 0 Å². The Balaban J connectivity index is 1.72. The van der Waals surface area contributed by atoms with Gasteiger partial charge in [-0.05, 0) is 50.6 Å². The molecular weight excluding hydrogens is 272 g/mol. The normalized spacial score (nSPS) is 42.8. The quantitative estimate of drug-likeness (QED) is 0.853. The van der Waals surface area contributed by atoms with Gasteiger partial charge < -0.3 is 5.32 Å². The van der Waals surface area contributed by atoms with E-state index in [9.17, 15) is 8.42 Å². The van der Waals surface area contributed by atoms with Crippen molar-refractivity contribution in [1.82, 2.24) is 10.2 Å². The lowest BCUT2D eigenvalue weighted by Crippen LogP contribution is -2.46. The molecular formula is C15H28N2O2S. The van der Waals surface area contributed by atoms with E-state index in [0.29, 0.717) is 12.1 Å². The van der Waals surface area contributed by atoms with E-state index < -0.39 is 9.84 Å². The molecule has 0 aromatic heterocycles. The van der Waals surface area contributed by atoms with Crippen LogP contribution in [0.25, 0.3) is 0 Å². The van der Waals surface area contributed by atoms with Crippen molar-refractivity contribution in [2.75, 3.05) is 25.9 Å². The van der Waals surface area contributed by atoms with Crippen LogP contribution in [-0.4, -0.2) is 56.5 Å². The maximum Gasteiger partial charge on any atom is 0.150 e. The molecule has 0 aromatic carbocycles. The van der Waals surface area contributed by atoms with Gasteiger partial charge in [0.15, 0.2) is 0 Å². The Labute approximate surface area is 123 Å². The van der Waals surface area contributed by atoms with E-state index in [1.165, 1.54) is 25.6 Å². The van der Waals surface area contributed by atoms with Gasteiger partial charge in [0, 0.05) is 24.9 Å². The highest BCUT2D eigenvalue weighted by Crippen LogP contribution is 2.39. The van der Waals surface area contributed by atoms with Gasteiger partial charge in [-0.25, -0.2) is 8.42 Å². The first-order chi connectivity index (χ1) is 9.50. The molecule has 0 spiro atoms. The lowest BCUT2D eigenvalue weighted by molar-refractivity contribution is 0.124. The van der Waals surface area contributed by atoms with Gasteiger partial charge in [0.25, 0.3) is 0 Å². The Bertz CT molecular complexity index is 451. The third-order valence-corrected chi connectivity index (χ3v) is 7.49. The highest BCUT2D eigenvalue weighted by atomic mass is 32.2. The monoisotopic (exact) mass is 300 g/mol. The van der Waals surface area contributed by atoms with Crippen molar-refractivity contribution in [2.45, 2.75) is 56.4 Å². The van der Waals surface area contributed by atoms with Crippen molar-refractivity contribution in [3.8, 4) is 0 Å². The van der Waals surface area contributed by atoms with Crippen molar-refractivity contribution in [1.29, 1.82) is 0 Å². The molecule has 0 aromatic rings. The first-order valence-electron chi connectivity index (χ1n) is 8.16. The molecule has 5 unspecified atom stereocenters. The minimum absolute atomic E-state index is 0.0997. The fourth-order valence-electron chi connectivity index (χ4n) is 4.82. The van der Waals surface area contributed by atoms with Crippen LogP contribution in [0.5, 0.6) is 0 Å². The molecule has 1 saturated carbocycles. The third-order valence-electron chi connectivity index (χ3n) is 5.85. The second-order valence-electron chi connectivity index (χ2n) is 7.03. The molecule has 5 atom stereocenters. The second-order valence-corrected chi connectivity index (χ2v) is 9.35. The van der Waals surface area contributed by atoms with Crippen LogP contribution < -0.4 is 5.32 Å². The van der Waals surface area contributed by atoms with E-state index in [-0.39, 0.29) is 5.25 Å². The van der Waals surface area contributed by atoms with Gasteiger partial charge in [0.1, 0.15) is 9.84 Å². The molecule has 116 valence electrons. The molecule has 3 fully saturated rings. The van der Waals surface area contributed by atoms with Crippen molar-refractivity contribution in [2.24, 2.45) is 11.8 Å². The predicted octanol–water partition coefficient (Wildman–Crippen LogP) is 1.27. The first-order valence-corrected chi connectivity index (χ1v) is 10.1. The lowest BCUT2D eigenvalue weighted by atomic mass is 9.90. The molecule has 0 amide bonds. The lowest BCUT2D eigenvalue weighted by Gasteiger charge is -2.39. The van der Waals surface area contributed by atoms with E-state index in [0.717, 1.165) is 44.2 Å². The summed E-state index contributed by atoms with van der Waals surface area (Å²) in [5, 5.41) is 3.42. The van der Waals surface area contributed by atoms with Gasteiger partial charge >= 0.3 is 0 Å². The molecule has 3 rings (SSSR count). The van der Waals surface area contributed by atoms with Crippen LogP contribution in [-0.2, 0) is 9.84 Å². The number of nitrogens with zero attached hydrogens (tertiary/aromatic N) is 1. The average Bonchev–Trinajstić information content (AvgIpc) is 2.97. The van der Waals surface area contributed by atoms with Crippen molar-refractivity contribution < 1.29 is 8.42 Å². The number of rotatable bonds is 3. The fraction of sp³-hybridized carbons (Fsp3) is 1.00. The van der Waals surface area contributed by atoms with Gasteiger partial charge in [-0.2, -0.15) is 0 Å². The Morgan fingerprint density at radius 3 is 2.75 bits per heavy atom. The summed E-state index contributed by atoms with van der Waals surface area (Å²) in [5.41, 5.74) is 0. The number of likely N-dealkylation sites (tertiary alicyclic amines) is 1. The van der Waals surface area contributed by atoms with E-state index in [4.69, 9.17) is 0 Å². The summed E-state index contributed by atoms with van der Waals surface area (Å²) < 4.78 is 23.7. The number of hydrogen-bond donors (Lipinski definition) is 1. The number of sulfone groups is 1. The van der Waals surface area contributed by atoms with Crippen LogP contribution in [0.2, 0.25) is 0 Å². The molecule has 20 heavy (non-hydrogen) atoms. The molecule has 2 aliphatic heterocycles. The summed E-state index contributed by atoms with van der Waals surface area (Å²) >= 11 is 0. The van der Waals surface area contributed by atoms with E-state index >= 15 is 0 Å². The van der Waals surface area contributed by atoms with E-state index in [2.05, 4.69) is 17.1 Å². The van der Waals surface area contributed by atoms with Crippen LogP contribution in [0.15, 0.2) is 0 Å². The summed E-state index contributed by atoms with van der Waals surface area (Å²) in [5.74, 6) is 1.58. The van der Waals surface area contributed by atoms with Crippen molar-refractivity contribution in [3.05, 3.63) is 0 Å². The highest BCUT2D eigenvalue weighted by molar-refractivity contribution is 7.91. The van der Waals surface area contributed by atoms with Crippen LogP contribution in [0.4, 0.5) is 0 Å².